The van der Waals surface area contributed by atoms with Crippen molar-refractivity contribution in [1.82, 2.24) is 10.2 Å². The second kappa shape index (κ2) is 4.49. The Morgan fingerprint density at radius 1 is 1.53 bits per heavy atom. The van der Waals surface area contributed by atoms with E-state index in [9.17, 15) is 5.21 Å². The summed E-state index contributed by atoms with van der Waals surface area (Å²) >= 11 is 0. The highest BCUT2D eigenvalue weighted by atomic mass is 16.5. The first-order chi connectivity index (χ1) is 6.84. The van der Waals surface area contributed by atoms with Crippen LogP contribution in [0.25, 0.3) is 0 Å². The van der Waals surface area contributed by atoms with E-state index >= 15 is 0 Å². The lowest BCUT2D eigenvalue weighted by Crippen LogP contribution is -2.46. The molecule has 0 spiro atoms. The van der Waals surface area contributed by atoms with Gasteiger partial charge < -0.3 is 10.1 Å². The van der Waals surface area contributed by atoms with Crippen LogP contribution < -0.4 is 5.32 Å². The van der Waals surface area contributed by atoms with E-state index in [1.807, 2.05) is 21.0 Å². The number of hydroxylamine groups is 1. The van der Waals surface area contributed by atoms with Gasteiger partial charge in [0.1, 0.15) is 0 Å². The average Bonchev–Trinajstić information content (AvgIpc) is 2.26. The molecular formula is C11H23N3O. The predicted molar refractivity (Wildman–Crippen MR) is 63.1 cm³/mol. The SMILES string of the molecule is CC1=[N+]([O-])C(NCCN(C)C)C(C)(C)C1. The average molecular weight is 213 g/mol. The zero-order chi connectivity index (χ0) is 11.6. The number of hydrogen-bond donors (Lipinski definition) is 1. The van der Waals surface area contributed by atoms with E-state index in [2.05, 4.69) is 24.1 Å². The van der Waals surface area contributed by atoms with Crippen molar-refractivity contribution in [2.45, 2.75) is 33.4 Å². The van der Waals surface area contributed by atoms with E-state index in [1.165, 1.54) is 0 Å². The lowest BCUT2D eigenvalue weighted by atomic mass is 9.87. The topological polar surface area (TPSA) is 41.3 Å². The molecule has 0 amide bonds. The standard InChI is InChI=1S/C11H23N3O/c1-9-8-11(2,3)10(14(9)15)12-6-7-13(4)5/h10,12H,6-8H2,1-5H3. The number of nitrogens with one attached hydrogen (secondary N) is 1. The highest BCUT2D eigenvalue weighted by molar-refractivity contribution is 5.79. The van der Waals surface area contributed by atoms with Crippen LogP contribution >= 0.6 is 0 Å². The molecule has 0 saturated carbocycles. The van der Waals surface area contributed by atoms with Crippen molar-refractivity contribution in [3.63, 3.8) is 0 Å². The Kier molecular flexibility index (Phi) is 3.73. The zero-order valence-electron chi connectivity index (χ0n) is 10.5. The molecule has 4 heteroatoms. The molecule has 0 aromatic heterocycles. The van der Waals surface area contributed by atoms with E-state index in [0.717, 1.165) is 30.0 Å². The summed E-state index contributed by atoms with van der Waals surface area (Å²) in [6.07, 6.45) is 0.813. The van der Waals surface area contributed by atoms with Crippen LogP contribution in [-0.2, 0) is 0 Å². The van der Waals surface area contributed by atoms with E-state index in [0.29, 0.717) is 0 Å². The van der Waals surface area contributed by atoms with Crippen molar-refractivity contribution in [3.05, 3.63) is 5.21 Å². The van der Waals surface area contributed by atoms with Crippen molar-refractivity contribution in [2.75, 3.05) is 27.2 Å². The van der Waals surface area contributed by atoms with Gasteiger partial charge in [-0.25, -0.2) is 0 Å². The molecule has 15 heavy (non-hydrogen) atoms. The van der Waals surface area contributed by atoms with Crippen molar-refractivity contribution in [3.8, 4) is 0 Å². The lowest BCUT2D eigenvalue weighted by Gasteiger charge is -2.25. The summed E-state index contributed by atoms with van der Waals surface area (Å²) in [5.41, 5.74) is 0.973. The van der Waals surface area contributed by atoms with Gasteiger partial charge in [-0.15, -0.1) is 0 Å². The van der Waals surface area contributed by atoms with Crippen molar-refractivity contribution >= 4 is 5.71 Å². The third kappa shape index (κ3) is 2.92. The molecule has 1 N–H and O–H groups in total. The molecule has 0 aromatic rings. The summed E-state index contributed by atoms with van der Waals surface area (Å²) < 4.78 is 1.13. The molecular weight excluding hydrogens is 190 g/mol. The second-order valence-corrected chi connectivity index (χ2v) is 5.39. The minimum atomic E-state index is -0.0718. The van der Waals surface area contributed by atoms with Gasteiger partial charge in [0.05, 0.1) is 5.41 Å². The van der Waals surface area contributed by atoms with Crippen molar-refractivity contribution in [2.24, 2.45) is 5.41 Å². The number of rotatable bonds is 4. The highest BCUT2D eigenvalue weighted by Gasteiger charge is 2.43. The molecule has 1 aliphatic rings. The summed E-state index contributed by atoms with van der Waals surface area (Å²) in [5.74, 6) is 0. The quantitative estimate of drug-likeness (QED) is 0.556. The molecule has 0 saturated heterocycles. The van der Waals surface area contributed by atoms with Gasteiger partial charge in [0.25, 0.3) is 0 Å². The Bertz CT molecular complexity index is 259. The third-order valence-corrected chi connectivity index (χ3v) is 2.96. The fourth-order valence-electron chi connectivity index (χ4n) is 2.16. The number of likely N-dealkylation sites (N-methyl/N-ethyl adjacent to an activating group) is 1. The third-order valence-electron chi connectivity index (χ3n) is 2.96. The van der Waals surface area contributed by atoms with Gasteiger partial charge >= 0.3 is 0 Å². The summed E-state index contributed by atoms with van der Waals surface area (Å²) in [5, 5.41) is 15.1. The molecule has 1 atom stereocenters. The van der Waals surface area contributed by atoms with Gasteiger partial charge in [-0.05, 0) is 14.1 Å². The van der Waals surface area contributed by atoms with Crippen LogP contribution in [-0.4, -0.2) is 48.7 Å². The van der Waals surface area contributed by atoms with Crippen LogP contribution in [0, 0.1) is 10.6 Å². The maximum Gasteiger partial charge on any atom is 0.222 e. The van der Waals surface area contributed by atoms with Crippen LogP contribution in [0.3, 0.4) is 0 Å². The van der Waals surface area contributed by atoms with E-state index < -0.39 is 0 Å². The van der Waals surface area contributed by atoms with Gasteiger partial charge in [0.15, 0.2) is 5.71 Å². The number of hydrogen-bond acceptors (Lipinski definition) is 3. The van der Waals surface area contributed by atoms with Gasteiger partial charge in [0.2, 0.25) is 6.17 Å². The van der Waals surface area contributed by atoms with Crippen LogP contribution in [0.2, 0.25) is 0 Å². The molecule has 88 valence electrons. The van der Waals surface area contributed by atoms with Gasteiger partial charge in [0, 0.05) is 26.4 Å². The smallest absolute Gasteiger partial charge is 0.222 e. The Balaban J connectivity index is 2.52. The van der Waals surface area contributed by atoms with E-state index in [4.69, 9.17) is 0 Å². The first-order valence-electron chi connectivity index (χ1n) is 5.51. The molecule has 1 rings (SSSR count). The second-order valence-electron chi connectivity index (χ2n) is 5.39. The first-order valence-corrected chi connectivity index (χ1v) is 5.51. The Morgan fingerprint density at radius 2 is 2.13 bits per heavy atom. The van der Waals surface area contributed by atoms with Gasteiger partial charge in [-0.2, -0.15) is 4.74 Å². The number of nitrogens with zero attached hydrogens (tertiary/aromatic N) is 2. The molecule has 1 heterocycles. The summed E-state index contributed by atoms with van der Waals surface area (Å²) in [4.78, 5) is 2.11. The van der Waals surface area contributed by atoms with Crippen molar-refractivity contribution in [1.29, 1.82) is 0 Å². The molecule has 4 nitrogen and oxygen atoms in total. The van der Waals surface area contributed by atoms with E-state index in [1.54, 1.807) is 0 Å². The molecule has 0 aliphatic carbocycles. The Morgan fingerprint density at radius 3 is 2.53 bits per heavy atom. The molecule has 0 radical (unpaired) electrons. The van der Waals surface area contributed by atoms with Gasteiger partial charge in [-0.3, -0.25) is 5.32 Å². The largest absolute Gasteiger partial charge is 0.623 e. The lowest BCUT2D eigenvalue weighted by molar-refractivity contribution is -0.514. The Labute approximate surface area is 92.5 Å². The summed E-state index contributed by atoms with van der Waals surface area (Å²) in [7, 11) is 4.07. The summed E-state index contributed by atoms with van der Waals surface area (Å²) in [6, 6.07) is 0. The molecule has 0 aromatic carbocycles. The minimum Gasteiger partial charge on any atom is -0.623 e. The van der Waals surface area contributed by atoms with Crippen molar-refractivity contribution < 1.29 is 4.74 Å². The van der Waals surface area contributed by atoms with Crippen LogP contribution in [0.4, 0.5) is 0 Å². The molecule has 0 bridgehead atoms. The fourth-order valence-corrected chi connectivity index (χ4v) is 2.16. The van der Waals surface area contributed by atoms with E-state index in [-0.39, 0.29) is 11.6 Å². The maximum atomic E-state index is 11.8. The van der Waals surface area contributed by atoms with Crippen LogP contribution in [0.1, 0.15) is 27.2 Å². The minimum absolute atomic E-state index is 0.0398. The molecule has 1 unspecified atom stereocenters. The van der Waals surface area contributed by atoms with Crippen LogP contribution in [0.15, 0.2) is 0 Å². The monoisotopic (exact) mass is 213 g/mol. The molecule has 1 aliphatic heterocycles. The fraction of sp³-hybridized carbons (Fsp3) is 0.909. The predicted octanol–water partition coefficient (Wildman–Crippen LogP) is 0.865. The first kappa shape index (κ1) is 12.5. The zero-order valence-corrected chi connectivity index (χ0v) is 10.5. The summed E-state index contributed by atoms with van der Waals surface area (Å²) in [6.45, 7) is 8.01. The van der Waals surface area contributed by atoms with Gasteiger partial charge in [-0.1, -0.05) is 13.8 Å². The maximum absolute atomic E-state index is 11.8. The molecule has 0 fully saturated rings. The Hall–Kier alpha value is -0.610. The van der Waals surface area contributed by atoms with Crippen LogP contribution in [0.5, 0.6) is 0 Å². The normalized spacial score (nSPS) is 25.3. The highest BCUT2D eigenvalue weighted by Crippen LogP contribution is 2.31.